The first-order valence-corrected chi connectivity index (χ1v) is 7.03. The van der Waals surface area contributed by atoms with Crippen LogP contribution in [0.15, 0.2) is 36.0 Å². The molecule has 0 saturated carbocycles. The molecule has 5 nitrogen and oxygen atoms in total. The summed E-state index contributed by atoms with van der Waals surface area (Å²) in [6.07, 6.45) is 1.47. The van der Waals surface area contributed by atoms with Gasteiger partial charge in [-0.1, -0.05) is 18.2 Å². The lowest BCUT2D eigenvalue weighted by atomic mass is 10.1. The lowest BCUT2D eigenvalue weighted by Gasteiger charge is -1.98. The molecule has 0 aliphatic rings. The van der Waals surface area contributed by atoms with Gasteiger partial charge in [-0.3, -0.25) is 0 Å². The van der Waals surface area contributed by atoms with Gasteiger partial charge in [0.1, 0.15) is 17.8 Å². The molecule has 20 heavy (non-hydrogen) atoms. The van der Waals surface area contributed by atoms with Crippen molar-refractivity contribution in [3.05, 3.63) is 36.0 Å². The zero-order valence-electron chi connectivity index (χ0n) is 10.7. The van der Waals surface area contributed by atoms with Crippen molar-refractivity contribution in [1.29, 1.82) is 0 Å². The summed E-state index contributed by atoms with van der Waals surface area (Å²) in [7, 11) is 1.87. The van der Waals surface area contributed by atoms with Gasteiger partial charge in [0.2, 0.25) is 0 Å². The Kier molecular flexibility index (Phi) is 2.28. The topological polar surface area (TPSA) is 69.6 Å². The number of rotatable bonds is 1. The Morgan fingerprint density at radius 3 is 2.95 bits per heavy atom. The number of fused-ring (bicyclic) bond motifs is 2. The second-order valence-corrected chi connectivity index (χ2v) is 5.49. The van der Waals surface area contributed by atoms with Crippen molar-refractivity contribution in [3.63, 3.8) is 0 Å². The summed E-state index contributed by atoms with van der Waals surface area (Å²) < 4.78 is 2.98. The molecule has 0 amide bonds. The molecule has 3 aromatic heterocycles. The van der Waals surface area contributed by atoms with Gasteiger partial charge in [0.05, 0.1) is 5.39 Å². The molecule has 0 unspecified atom stereocenters. The van der Waals surface area contributed by atoms with E-state index in [0.29, 0.717) is 5.82 Å². The van der Waals surface area contributed by atoms with Crippen molar-refractivity contribution in [2.24, 2.45) is 7.05 Å². The predicted octanol–water partition coefficient (Wildman–Crippen LogP) is 2.83. The van der Waals surface area contributed by atoms with Crippen molar-refractivity contribution < 1.29 is 0 Å². The summed E-state index contributed by atoms with van der Waals surface area (Å²) in [5.41, 5.74) is 8.70. The van der Waals surface area contributed by atoms with Crippen molar-refractivity contribution in [3.8, 4) is 11.3 Å². The highest BCUT2D eigenvalue weighted by Crippen LogP contribution is 2.37. The Morgan fingerprint density at radius 2 is 2.05 bits per heavy atom. The van der Waals surface area contributed by atoms with E-state index in [1.54, 1.807) is 16.0 Å². The van der Waals surface area contributed by atoms with Gasteiger partial charge >= 0.3 is 0 Å². The molecule has 4 aromatic rings. The third-order valence-corrected chi connectivity index (χ3v) is 4.35. The van der Waals surface area contributed by atoms with E-state index in [4.69, 9.17) is 5.73 Å². The number of thiophene rings is 1. The summed E-state index contributed by atoms with van der Waals surface area (Å²) in [6, 6.07) is 8.27. The molecule has 0 aliphatic carbocycles. The number of anilines is 1. The van der Waals surface area contributed by atoms with Crippen LogP contribution in [-0.2, 0) is 7.05 Å². The third kappa shape index (κ3) is 1.45. The lowest BCUT2D eigenvalue weighted by molar-refractivity contribution is 0.789. The molecular formula is C14H11N5S. The summed E-state index contributed by atoms with van der Waals surface area (Å²) >= 11 is 1.70. The van der Waals surface area contributed by atoms with Crippen LogP contribution < -0.4 is 5.73 Å². The van der Waals surface area contributed by atoms with Crippen molar-refractivity contribution in [2.45, 2.75) is 0 Å². The first-order valence-electron chi connectivity index (χ1n) is 6.15. The average molecular weight is 281 g/mol. The zero-order chi connectivity index (χ0) is 13.7. The molecule has 6 heteroatoms. The minimum atomic E-state index is 0.466. The maximum Gasteiger partial charge on any atom is 0.163 e. The smallest absolute Gasteiger partial charge is 0.163 e. The number of aromatic nitrogens is 4. The maximum absolute atomic E-state index is 6.02. The molecule has 0 aliphatic heterocycles. The highest BCUT2D eigenvalue weighted by molar-refractivity contribution is 7.17. The fraction of sp³-hybridized carbons (Fsp3) is 0.0714. The molecule has 0 atom stereocenters. The highest BCUT2D eigenvalue weighted by atomic mass is 32.1. The second kappa shape index (κ2) is 4.01. The van der Waals surface area contributed by atoms with Crippen LogP contribution >= 0.6 is 11.3 Å². The van der Waals surface area contributed by atoms with E-state index in [-0.39, 0.29) is 0 Å². The highest BCUT2D eigenvalue weighted by Gasteiger charge is 2.17. The molecule has 0 radical (unpaired) electrons. The van der Waals surface area contributed by atoms with Crippen LogP contribution in [0.4, 0.5) is 5.82 Å². The van der Waals surface area contributed by atoms with Gasteiger partial charge < -0.3 is 5.73 Å². The van der Waals surface area contributed by atoms with Gasteiger partial charge in [-0.05, 0) is 6.07 Å². The number of nitrogens with two attached hydrogens (primary N) is 1. The minimum absolute atomic E-state index is 0.466. The van der Waals surface area contributed by atoms with E-state index in [9.17, 15) is 0 Å². The van der Waals surface area contributed by atoms with Crippen LogP contribution in [0.3, 0.4) is 0 Å². The van der Waals surface area contributed by atoms with Gasteiger partial charge in [0.25, 0.3) is 0 Å². The first kappa shape index (κ1) is 11.4. The van der Waals surface area contributed by atoms with Crippen LogP contribution in [0.5, 0.6) is 0 Å². The van der Waals surface area contributed by atoms with Gasteiger partial charge in [-0.15, -0.1) is 11.3 Å². The number of hydrogen-bond acceptors (Lipinski definition) is 5. The van der Waals surface area contributed by atoms with E-state index in [1.165, 1.54) is 16.4 Å². The minimum Gasteiger partial charge on any atom is -0.383 e. The quantitative estimate of drug-likeness (QED) is 0.582. The lowest BCUT2D eigenvalue weighted by Crippen LogP contribution is -1.95. The largest absolute Gasteiger partial charge is 0.383 e. The van der Waals surface area contributed by atoms with Gasteiger partial charge in [0, 0.05) is 28.1 Å². The van der Waals surface area contributed by atoms with Crippen LogP contribution in [0.25, 0.3) is 32.4 Å². The fourth-order valence-corrected chi connectivity index (χ4v) is 3.40. The Morgan fingerprint density at radius 1 is 1.20 bits per heavy atom. The van der Waals surface area contributed by atoms with E-state index in [1.807, 2.05) is 19.2 Å². The molecule has 3 heterocycles. The van der Waals surface area contributed by atoms with Crippen LogP contribution in [0.2, 0.25) is 0 Å². The van der Waals surface area contributed by atoms with Gasteiger partial charge in [-0.2, -0.15) is 5.10 Å². The number of hydrogen-bond donors (Lipinski definition) is 1. The summed E-state index contributed by atoms with van der Waals surface area (Å²) in [4.78, 5) is 8.35. The van der Waals surface area contributed by atoms with Gasteiger partial charge in [0.15, 0.2) is 5.65 Å². The number of benzene rings is 1. The van der Waals surface area contributed by atoms with Crippen LogP contribution in [0.1, 0.15) is 0 Å². The summed E-state index contributed by atoms with van der Waals surface area (Å²) in [6.45, 7) is 0. The standard InChI is InChI=1S/C14H11N5S/c1-19-14-11(13(15)16-7-17-14)12(18-19)9-6-20-10-5-3-2-4-8(9)10/h2-7H,1H3,(H2,15,16,17). The van der Waals surface area contributed by atoms with E-state index in [0.717, 1.165) is 22.3 Å². The Hall–Kier alpha value is -2.47. The molecule has 0 saturated heterocycles. The predicted molar refractivity (Wildman–Crippen MR) is 81.5 cm³/mol. The molecule has 0 fully saturated rings. The molecular weight excluding hydrogens is 270 g/mol. The summed E-state index contributed by atoms with van der Waals surface area (Å²) in [5.74, 6) is 0.466. The van der Waals surface area contributed by atoms with E-state index >= 15 is 0 Å². The van der Waals surface area contributed by atoms with Crippen molar-refractivity contribution >= 4 is 38.3 Å². The molecule has 1 aromatic carbocycles. The normalized spacial score (nSPS) is 11.4. The second-order valence-electron chi connectivity index (χ2n) is 4.58. The van der Waals surface area contributed by atoms with E-state index < -0.39 is 0 Å². The molecule has 0 spiro atoms. The third-order valence-electron chi connectivity index (χ3n) is 3.39. The molecule has 2 N–H and O–H groups in total. The Labute approximate surface area is 118 Å². The maximum atomic E-state index is 6.02. The SMILES string of the molecule is Cn1nc(-c2csc3ccccc23)c2c(N)ncnc21. The van der Waals surface area contributed by atoms with Crippen LogP contribution in [0, 0.1) is 0 Å². The number of nitrogens with zero attached hydrogens (tertiary/aromatic N) is 4. The monoisotopic (exact) mass is 281 g/mol. The number of aryl methyl sites for hydroxylation is 1. The van der Waals surface area contributed by atoms with E-state index in [2.05, 4.69) is 32.6 Å². The van der Waals surface area contributed by atoms with Crippen molar-refractivity contribution in [1.82, 2.24) is 19.7 Å². The fourth-order valence-electron chi connectivity index (χ4n) is 2.46. The van der Waals surface area contributed by atoms with Crippen molar-refractivity contribution in [2.75, 3.05) is 5.73 Å². The van der Waals surface area contributed by atoms with Gasteiger partial charge in [-0.25, -0.2) is 14.6 Å². The Balaban J connectivity index is 2.13. The Bertz CT molecular complexity index is 937. The molecule has 4 rings (SSSR count). The zero-order valence-corrected chi connectivity index (χ0v) is 11.6. The molecule has 98 valence electrons. The average Bonchev–Trinajstić information content (AvgIpc) is 3.01. The number of nitrogen functional groups attached to an aromatic ring is 1. The first-order chi connectivity index (χ1) is 9.75. The molecule has 0 bridgehead atoms. The van der Waals surface area contributed by atoms with Crippen LogP contribution in [-0.4, -0.2) is 19.7 Å². The summed E-state index contributed by atoms with van der Waals surface area (Å²) in [5, 5.41) is 8.69.